The fourth-order valence-corrected chi connectivity index (χ4v) is 2.52. The Balaban J connectivity index is 2.11. The van der Waals surface area contributed by atoms with Crippen LogP contribution >= 0.6 is 0 Å². The maximum atomic E-state index is 12.3. The van der Waals surface area contributed by atoms with E-state index in [0.29, 0.717) is 5.56 Å². The van der Waals surface area contributed by atoms with Gasteiger partial charge in [-0.05, 0) is 42.5 Å². The number of rotatable bonds is 2. The zero-order valence-corrected chi connectivity index (χ0v) is 12.2. The van der Waals surface area contributed by atoms with Gasteiger partial charge in [0.25, 0.3) is 5.56 Å². The van der Waals surface area contributed by atoms with Gasteiger partial charge in [0, 0.05) is 11.1 Å². The van der Waals surface area contributed by atoms with Crippen LogP contribution in [0.25, 0.3) is 10.9 Å². The van der Waals surface area contributed by atoms with Crippen LogP contribution < -0.4 is 11.3 Å². The molecule has 0 fully saturated rings. The molecule has 1 atom stereocenters. The molecule has 0 bridgehead atoms. The second-order valence-corrected chi connectivity index (χ2v) is 5.53. The Morgan fingerprint density at radius 3 is 2.33 bits per heavy atom. The third kappa shape index (κ3) is 2.60. The van der Waals surface area contributed by atoms with E-state index >= 15 is 0 Å². The Hall–Kier alpha value is -2.39. The summed E-state index contributed by atoms with van der Waals surface area (Å²) in [5.74, 6) is 0. The first-order valence-electron chi connectivity index (χ1n) is 7.00. The van der Waals surface area contributed by atoms with Crippen LogP contribution in [0.5, 0.6) is 0 Å². The number of hydrogen-bond acceptors (Lipinski definition) is 2. The lowest BCUT2D eigenvalue weighted by Crippen LogP contribution is -2.22. The number of aromatic amines is 1. The number of pyridine rings is 1. The van der Waals surface area contributed by atoms with Crippen molar-refractivity contribution in [1.29, 1.82) is 0 Å². The van der Waals surface area contributed by atoms with Crippen molar-refractivity contribution >= 4 is 10.9 Å². The molecule has 3 aromatic rings. The maximum absolute atomic E-state index is 12.3. The molecule has 0 aliphatic rings. The molecule has 106 valence electrons. The van der Waals surface area contributed by atoms with E-state index in [1.807, 2.05) is 62.4 Å². The second-order valence-electron chi connectivity index (χ2n) is 5.53. The first kappa shape index (κ1) is 13.6. The van der Waals surface area contributed by atoms with Crippen molar-refractivity contribution in [1.82, 2.24) is 4.98 Å². The zero-order valence-electron chi connectivity index (χ0n) is 12.2. The van der Waals surface area contributed by atoms with Gasteiger partial charge in [0.05, 0.1) is 6.04 Å². The SMILES string of the molecule is Cc1ccc(C(N)c2cc3ccc(C)cc3[nH]c2=O)cc1. The summed E-state index contributed by atoms with van der Waals surface area (Å²) in [6.45, 7) is 4.03. The smallest absolute Gasteiger partial charge is 0.253 e. The molecule has 1 unspecified atom stereocenters. The van der Waals surface area contributed by atoms with Crippen LogP contribution in [0.1, 0.15) is 28.3 Å². The molecule has 0 spiro atoms. The number of benzene rings is 2. The molecule has 3 N–H and O–H groups in total. The third-order valence-corrected chi connectivity index (χ3v) is 3.80. The van der Waals surface area contributed by atoms with Gasteiger partial charge in [-0.25, -0.2) is 0 Å². The van der Waals surface area contributed by atoms with E-state index in [0.717, 1.165) is 22.0 Å². The average molecular weight is 278 g/mol. The van der Waals surface area contributed by atoms with Crippen LogP contribution in [0.2, 0.25) is 0 Å². The Kier molecular flexibility index (Phi) is 3.35. The number of nitrogens with one attached hydrogen (secondary N) is 1. The van der Waals surface area contributed by atoms with E-state index in [1.165, 1.54) is 5.56 Å². The Morgan fingerprint density at radius 2 is 1.62 bits per heavy atom. The maximum Gasteiger partial charge on any atom is 0.253 e. The molecule has 0 radical (unpaired) electrons. The predicted molar refractivity (Wildman–Crippen MR) is 86.5 cm³/mol. The number of aromatic nitrogens is 1. The first-order chi connectivity index (χ1) is 10.0. The van der Waals surface area contributed by atoms with Gasteiger partial charge in [-0.15, -0.1) is 0 Å². The third-order valence-electron chi connectivity index (χ3n) is 3.80. The molecule has 1 aromatic heterocycles. The lowest BCUT2D eigenvalue weighted by atomic mass is 9.98. The lowest BCUT2D eigenvalue weighted by Gasteiger charge is -2.13. The monoisotopic (exact) mass is 278 g/mol. The van der Waals surface area contributed by atoms with Crippen LogP contribution in [-0.2, 0) is 0 Å². The highest BCUT2D eigenvalue weighted by Gasteiger charge is 2.13. The molecule has 0 aliphatic heterocycles. The van der Waals surface area contributed by atoms with Gasteiger partial charge in [0.2, 0.25) is 0 Å². The lowest BCUT2D eigenvalue weighted by molar-refractivity contribution is 0.853. The molecule has 0 saturated heterocycles. The molecule has 1 heterocycles. The standard InChI is InChI=1S/C18H18N2O/c1-11-3-6-13(7-4-11)17(19)15-10-14-8-5-12(2)9-16(14)20-18(15)21/h3-10,17H,19H2,1-2H3,(H,20,21). The summed E-state index contributed by atoms with van der Waals surface area (Å²) in [4.78, 5) is 15.2. The largest absolute Gasteiger partial charge is 0.322 e. The summed E-state index contributed by atoms with van der Waals surface area (Å²) in [5.41, 5.74) is 10.8. The van der Waals surface area contributed by atoms with Gasteiger partial charge in [-0.3, -0.25) is 4.79 Å². The van der Waals surface area contributed by atoms with Crippen molar-refractivity contribution in [3.8, 4) is 0 Å². The molecule has 2 aromatic carbocycles. The Labute approximate surface area is 123 Å². The minimum Gasteiger partial charge on any atom is -0.322 e. The van der Waals surface area contributed by atoms with Crippen LogP contribution in [0.15, 0.2) is 53.3 Å². The van der Waals surface area contributed by atoms with Crippen molar-refractivity contribution in [3.05, 3.63) is 81.1 Å². The van der Waals surface area contributed by atoms with Gasteiger partial charge >= 0.3 is 0 Å². The van der Waals surface area contributed by atoms with Crippen LogP contribution in [-0.4, -0.2) is 4.98 Å². The summed E-state index contributed by atoms with van der Waals surface area (Å²) in [6.07, 6.45) is 0. The summed E-state index contributed by atoms with van der Waals surface area (Å²) in [7, 11) is 0. The topological polar surface area (TPSA) is 58.9 Å². The minimum absolute atomic E-state index is 0.124. The van der Waals surface area contributed by atoms with Gasteiger partial charge < -0.3 is 10.7 Å². The van der Waals surface area contributed by atoms with Crippen LogP contribution in [0.4, 0.5) is 0 Å². The van der Waals surface area contributed by atoms with Crippen LogP contribution in [0.3, 0.4) is 0 Å². The second kappa shape index (κ2) is 5.19. The molecular weight excluding hydrogens is 260 g/mol. The molecule has 3 nitrogen and oxygen atoms in total. The van der Waals surface area contributed by atoms with E-state index in [1.54, 1.807) is 0 Å². The predicted octanol–water partition coefficient (Wildman–Crippen LogP) is 3.19. The van der Waals surface area contributed by atoms with E-state index in [2.05, 4.69) is 4.98 Å². The number of fused-ring (bicyclic) bond motifs is 1. The van der Waals surface area contributed by atoms with Crippen molar-refractivity contribution in [3.63, 3.8) is 0 Å². The van der Waals surface area contributed by atoms with Crippen molar-refractivity contribution in [2.45, 2.75) is 19.9 Å². The van der Waals surface area contributed by atoms with E-state index in [-0.39, 0.29) is 5.56 Å². The molecule has 3 heteroatoms. The Bertz CT molecular complexity index is 847. The highest BCUT2D eigenvalue weighted by molar-refractivity contribution is 5.79. The number of aryl methyl sites for hydroxylation is 2. The van der Waals surface area contributed by atoms with Gasteiger partial charge in [-0.2, -0.15) is 0 Å². The number of H-pyrrole nitrogens is 1. The van der Waals surface area contributed by atoms with Gasteiger partial charge in [0.1, 0.15) is 0 Å². The first-order valence-corrected chi connectivity index (χ1v) is 7.00. The van der Waals surface area contributed by atoms with Gasteiger partial charge in [-0.1, -0.05) is 42.0 Å². The van der Waals surface area contributed by atoms with Gasteiger partial charge in [0.15, 0.2) is 0 Å². The van der Waals surface area contributed by atoms with E-state index < -0.39 is 6.04 Å². The molecular formula is C18H18N2O. The summed E-state index contributed by atoms with van der Waals surface area (Å²) in [6, 6.07) is 15.4. The number of nitrogens with two attached hydrogens (primary N) is 1. The van der Waals surface area contributed by atoms with Crippen molar-refractivity contribution in [2.75, 3.05) is 0 Å². The fraction of sp³-hybridized carbons (Fsp3) is 0.167. The average Bonchev–Trinajstić information content (AvgIpc) is 2.46. The molecule has 21 heavy (non-hydrogen) atoms. The van der Waals surface area contributed by atoms with Crippen molar-refractivity contribution < 1.29 is 0 Å². The normalized spacial score (nSPS) is 12.5. The summed E-state index contributed by atoms with van der Waals surface area (Å²) >= 11 is 0. The zero-order chi connectivity index (χ0) is 15.0. The summed E-state index contributed by atoms with van der Waals surface area (Å²) < 4.78 is 0. The minimum atomic E-state index is -0.417. The highest BCUT2D eigenvalue weighted by atomic mass is 16.1. The molecule has 3 rings (SSSR count). The molecule has 0 aliphatic carbocycles. The quantitative estimate of drug-likeness (QED) is 0.756. The Morgan fingerprint density at radius 1 is 0.952 bits per heavy atom. The van der Waals surface area contributed by atoms with E-state index in [9.17, 15) is 4.79 Å². The van der Waals surface area contributed by atoms with Crippen molar-refractivity contribution in [2.24, 2.45) is 5.73 Å². The summed E-state index contributed by atoms with van der Waals surface area (Å²) in [5, 5.41) is 0.998. The molecule has 0 amide bonds. The molecule has 0 saturated carbocycles. The number of hydrogen-bond donors (Lipinski definition) is 2. The van der Waals surface area contributed by atoms with E-state index in [4.69, 9.17) is 5.73 Å². The highest BCUT2D eigenvalue weighted by Crippen LogP contribution is 2.20. The fourth-order valence-electron chi connectivity index (χ4n) is 2.52. The van der Waals surface area contributed by atoms with Crippen LogP contribution in [0, 0.1) is 13.8 Å².